The smallest absolute Gasteiger partial charge is 0.467 e. The van der Waals surface area contributed by atoms with Gasteiger partial charge in [-0.1, -0.05) is 0 Å². The lowest BCUT2D eigenvalue weighted by molar-refractivity contribution is 0.00578. The van der Waals surface area contributed by atoms with Crippen molar-refractivity contribution in [3.63, 3.8) is 0 Å². The number of nitrogens with zero attached hydrogens (tertiary/aromatic N) is 2. The summed E-state index contributed by atoms with van der Waals surface area (Å²) >= 11 is 0. The predicted octanol–water partition coefficient (Wildman–Crippen LogP) is 1.40. The first kappa shape index (κ1) is 14.3. The monoisotopic (exact) mass is 264 g/mol. The summed E-state index contributed by atoms with van der Waals surface area (Å²) in [6, 6.07) is 0.371. The van der Waals surface area contributed by atoms with Crippen LogP contribution in [0, 0.1) is 13.8 Å². The average Bonchev–Trinajstić information content (AvgIpc) is 2.46. The number of hydrogen-bond donors (Lipinski definition) is 0. The SMILES string of the molecule is COc1nc(C)c(B2OC(C)(C)C(C)(C)O2)c(C)n1. The summed E-state index contributed by atoms with van der Waals surface area (Å²) < 4.78 is 17.2. The molecule has 0 unspecified atom stereocenters. The largest absolute Gasteiger partial charge is 0.498 e. The van der Waals surface area contributed by atoms with Crippen LogP contribution in [0.25, 0.3) is 0 Å². The van der Waals surface area contributed by atoms with Crippen molar-refractivity contribution in [1.82, 2.24) is 9.97 Å². The van der Waals surface area contributed by atoms with Crippen molar-refractivity contribution in [3.8, 4) is 6.01 Å². The van der Waals surface area contributed by atoms with Crippen molar-refractivity contribution >= 4 is 12.6 Å². The number of hydrogen-bond acceptors (Lipinski definition) is 5. The van der Waals surface area contributed by atoms with Gasteiger partial charge in [-0.05, 0) is 41.5 Å². The Morgan fingerprint density at radius 2 is 1.37 bits per heavy atom. The first-order valence-electron chi connectivity index (χ1n) is 6.43. The van der Waals surface area contributed by atoms with Crippen molar-refractivity contribution in [1.29, 1.82) is 0 Å². The highest BCUT2D eigenvalue weighted by Crippen LogP contribution is 2.36. The third-order valence-electron chi connectivity index (χ3n) is 3.98. The van der Waals surface area contributed by atoms with Crippen LogP contribution in [0.3, 0.4) is 0 Å². The summed E-state index contributed by atoms with van der Waals surface area (Å²) in [5, 5.41) is 0. The van der Waals surface area contributed by atoms with Gasteiger partial charge in [0.25, 0.3) is 0 Å². The van der Waals surface area contributed by atoms with Crippen molar-refractivity contribution in [2.45, 2.75) is 52.7 Å². The van der Waals surface area contributed by atoms with Crippen LogP contribution >= 0.6 is 0 Å². The van der Waals surface area contributed by atoms with E-state index in [4.69, 9.17) is 14.0 Å². The van der Waals surface area contributed by atoms with Gasteiger partial charge in [0.15, 0.2) is 0 Å². The number of aryl methyl sites for hydroxylation is 2. The van der Waals surface area contributed by atoms with Crippen LogP contribution in [0.1, 0.15) is 39.1 Å². The second-order valence-electron chi connectivity index (χ2n) is 5.88. The number of aromatic nitrogens is 2. The van der Waals surface area contributed by atoms with Crippen LogP contribution in [0.15, 0.2) is 0 Å². The maximum Gasteiger partial charge on any atom is 0.498 e. The Hall–Kier alpha value is -1.14. The molecular formula is C13H21BN2O3. The normalized spacial score (nSPS) is 20.7. The van der Waals surface area contributed by atoms with Gasteiger partial charge in [-0.3, -0.25) is 0 Å². The molecule has 0 atom stereocenters. The van der Waals surface area contributed by atoms with Gasteiger partial charge in [0.2, 0.25) is 0 Å². The maximum atomic E-state index is 6.04. The standard InChI is InChI=1S/C13H21BN2O3/c1-8-10(9(2)16-11(15-8)17-7)14-18-12(3,4)13(5,6)19-14/h1-7H3. The average molecular weight is 264 g/mol. The molecule has 2 rings (SSSR count). The minimum atomic E-state index is -0.434. The van der Waals surface area contributed by atoms with Crippen LogP contribution in [-0.4, -0.2) is 35.4 Å². The van der Waals surface area contributed by atoms with E-state index in [2.05, 4.69) is 9.97 Å². The summed E-state index contributed by atoms with van der Waals surface area (Å²) in [6.45, 7) is 11.9. The molecule has 0 aliphatic carbocycles. The highest BCUT2D eigenvalue weighted by molar-refractivity contribution is 6.63. The topological polar surface area (TPSA) is 53.5 Å². The Morgan fingerprint density at radius 1 is 0.947 bits per heavy atom. The van der Waals surface area contributed by atoms with E-state index in [-0.39, 0.29) is 11.2 Å². The zero-order chi connectivity index (χ0) is 14.4. The van der Waals surface area contributed by atoms with E-state index in [1.54, 1.807) is 7.11 Å². The Labute approximate surface area is 114 Å². The molecule has 5 nitrogen and oxygen atoms in total. The van der Waals surface area contributed by atoms with Gasteiger partial charge in [-0.2, -0.15) is 0 Å². The summed E-state index contributed by atoms with van der Waals surface area (Å²) in [4.78, 5) is 8.60. The third-order valence-corrected chi connectivity index (χ3v) is 3.98. The lowest BCUT2D eigenvalue weighted by atomic mass is 9.77. The highest BCUT2D eigenvalue weighted by Gasteiger charge is 2.52. The van der Waals surface area contributed by atoms with E-state index in [1.807, 2.05) is 41.5 Å². The maximum absolute atomic E-state index is 6.04. The van der Waals surface area contributed by atoms with Gasteiger partial charge in [0.1, 0.15) is 0 Å². The molecule has 0 N–H and O–H groups in total. The van der Waals surface area contributed by atoms with Crippen LogP contribution < -0.4 is 10.2 Å². The molecule has 19 heavy (non-hydrogen) atoms. The van der Waals surface area contributed by atoms with E-state index < -0.39 is 7.12 Å². The van der Waals surface area contributed by atoms with E-state index in [0.29, 0.717) is 6.01 Å². The third kappa shape index (κ3) is 2.34. The van der Waals surface area contributed by atoms with Crippen LogP contribution in [0.4, 0.5) is 0 Å². The Balaban J connectivity index is 2.40. The second kappa shape index (κ2) is 4.46. The molecule has 0 amide bonds. The van der Waals surface area contributed by atoms with Crippen molar-refractivity contribution in [2.24, 2.45) is 0 Å². The Kier molecular flexibility index (Phi) is 3.35. The lowest BCUT2D eigenvalue weighted by Crippen LogP contribution is -2.41. The summed E-state index contributed by atoms with van der Waals surface area (Å²) in [5.41, 5.74) is 1.80. The molecular weight excluding hydrogens is 243 g/mol. The van der Waals surface area contributed by atoms with E-state index in [1.165, 1.54) is 0 Å². The molecule has 0 bridgehead atoms. The molecule has 0 spiro atoms. The fourth-order valence-corrected chi connectivity index (χ4v) is 2.09. The predicted molar refractivity (Wildman–Crippen MR) is 73.8 cm³/mol. The van der Waals surface area contributed by atoms with Crippen molar-refractivity contribution < 1.29 is 14.0 Å². The van der Waals surface area contributed by atoms with Gasteiger partial charge in [-0.15, -0.1) is 0 Å². The van der Waals surface area contributed by atoms with E-state index in [0.717, 1.165) is 16.9 Å². The molecule has 0 saturated carbocycles. The molecule has 104 valence electrons. The van der Waals surface area contributed by atoms with Crippen LogP contribution in [-0.2, 0) is 9.31 Å². The molecule has 0 aromatic carbocycles. The van der Waals surface area contributed by atoms with E-state index >= 15 is 0 Å². The molecule has 1 aliphatic rings. The van der Waals surface area contributed by atoms with E-state index in [9.17, 15) is 0 Å². The molecule has 6 heteroatoms. The molecule has 1 aromatic rings. The quantitative estimate of drug-likeness (QED) is 0.756. The summed E-state index contributed by atoms with van der Waals surface area (Å²) in [5.74, 6) is 0. The molecule has 1 aliphatic heterocycles. The summed E-state index contributed by atoms with van der Waals surface area (Å²) in [7, 11) is 1.12. The fraction of sp³-hybridized carbons (Fsp3) is 0.692. The number of rotatable bonds is 2. The lowest BCUT2D eigenvalue weighted by Gasteiger charge is -2.32. The molecule has 0 radical (unpaired) electrons. The number of ether oxygens (including phenoxy) is 1. The van der Waals surface area contributed by atoms with Gasteiger partial charge in [-0.25, -0.2) is 9.97 Å². The molecule has 2 heterocycles. The fourth-order valence-electron chi connectivity index (χ4n) is 2.09. The molecule has 1 aromatic heterocycles. The Morgan fingerprint density at radius 3 is 1.74 bits per heavy atom. The van der Waals surface area contributed by atoms with Crippen LogP contribution in [0.5, 0.6) is 6.01 Å². The zero-order valence-corrected chi connectivity index (χ0v) is 12.7. The molecule has 1 saturated heterocycles. The highest BCUT2D eigenvalue weighted by atomic mass is 16.7. The molecule has 1 fully saturated rings. The summed E-state index contributed by atoms with van der Waals surface area (Å²) in [6.07, 6.45) is 0. The Bertz CT molecular complexity index is 464. The minimum absolute atomic E-state index is 0.365. The van der Waals surface area contributed by atoms with Gasteiger partial charge in [0, 0.05) is 16.9 Å². The number of methoxy groups -OCH3 is 1. The zero-order valence-electron chi connectivity index (χ0n) is 12.7. The van der Waals surface area contributed by atoms with Gasteiger partial charge in [0.05, 0.1) is 18.3 Å². The second-order valence-corrected chi connectivity index (χ2v) is 5.88. The minimum Gasteiger partial charge on any atom is -0.467 e. The van der Waals surface area contributed by atoms with Gasteiger partial charge >= 0.3 is 13.1 Å². The van der Waals surface area contributed by atoms with Gasteiger partial charge < -0.3 is 14.0 Å². The first-order chi connectivity index (χ1) is 8.68. The van der Waals surface area contributed by atoms with Crippen molar-refractivity contribution in [3.05, 3.63) is 11.4 Å². The first-order valence-corrected chi connectivity index (χ1v) is 6.43. The van der Waals surface area contributed by atoms with Crippen LogP contribution in [0.2, 0.25) is 0 Å². The van der Waals surface area contributed by atoms with Crippen molar-refractivity contribution in [2.75, 3.05) is 7.11 Å².